The minimum atomic E-state index is -4.39. The second-order valence-corrected chi connectivity index (χ2v) is 7.81. The normalized spacial score (nSPS) is 13.3. The summed E-state index contributed by atoms with van der Waals surface area (Å²) in [6.45, 7) is 0. The van der Waals surface area contributed by atoms with E-state index in [1.807, 2.05) is 18.2 Å². The van der Waals surface area contributed by atoms with Gasteiger partial charge in [0, 0.05) is 13.4 Å². The van der Waals surface area contributed by atoms with Crippen LogP contribution in [0.1, 0.15) is 21.5 Å². The standard InChI is InChI=1S/C14H7Br4F3/c15-8-2-4-11(16)9(6-8)13(18)7-1-3-12(17)10(5-7)14(19,20)21/h1-6,13H. The lowest BCUT2D eigenvalue weighted by Crippen LogP contribution is -2.07. The smallest absolute Gasteiger partial charge is 0.166 e. The molecule has 0 aliphatic rings. The first-order chi connectivity index (χ1) is 9.70. The summed E-state index contributed by atoms with van der Waals surface area (Å²) in [5, 5.41) is 0. The van der Waals surface area contributed by atoms with Gasteiger partial charge >= 0.3 is 6.18 Å². The van der Waals surface area contributed by atoms with Crippen LogP contribution in [0.15, 0.2) is 49.8 Å². The molecule has 1 atom stereocenters. The molecule has 7 heteroatoms. The minimum Gasteiger partial charge on any atom is -0.166 e. The van der Waals surface area contributed by atoms with Gasteiger partial charge in [0.15, 0.2) is 0 Å². The van der Waals surface area contributed by atoms with Crippen molar-refractivity contribution in [2.75, 3.05) is 0 Å². The summed E-state index contributed by atoms with van der Waals surface area (Å²) in [5.41, 5.74) is 0.694. The molecule has 0 saturated heterocycles. The fraction of sp³-hybridized carbons (Fsp3) is 0.143. The van der Waals surface area contributed by atoms with Crippen LogP contribution in [0.2, 0.25) is 0 Å². The van der Waals surface area contributed by atoms with Gasteiger partial charge in [-0.3, -0.25) is 0 Å². The average Bonchev–Trinajstić information content (AvgIpc) is 2.40. The molecule has 112 valence electrons. The molecule has 0 aliphatic heterocycles. The van der Waals surface area contributed by atoms with Crippen LogP contribution in [0.3, 0.4) is 0 Å². The Labute approximate surface area is 153 Å². The molecule has 2 aromatic carbocycles. The van der Waals surface area contributed by atoms with Crippen LogP contribution in [-0.2, 0) is 6.18 Å². The average molecular weight is 552 g/mol. The Morgan fingerprint density at radius 1 is 0.857 bits per heavy atom. The first-order valence-electron chi connectivity index (χ1n) is 5.66. The van der Waals surface area contributed by atoms with E-state index in [0.29, 0.717) is 5.56 Å². The van der Waals surface area contributed by atoms with Crippen LogP contribution in [0.5, 0.6) is 0 Å². The van der Waals surface area contributed by atoms with Crippen molar-refractivity contribution in [3.8, 4) is 0 Å². The van der Waals surface area contributed by atoms with Gasteiger partial charge in [-0.15, -0.1) is 0 Å². The van der Waals surface area contributed by atoms with Crippen LogP contribution in [0, 0.1) is 0 Å². The monoisotopic (exact) mass is 548 g/mol. The lowest BCUT2D eigenvalue weighted by Gasteiger charge is -2.16. The number of alkyl halides is 4. The van der Waals surface area contributed by atoms with Crippen LogP contribution < -0.4 is 0 Å². The van der Waals surface area contributed by atoms with Gasteiger partial charge < -0.3 is 0 Å². The molecular weight excluding hydrogens is 545 g/mol. The second-order valence-electron chi connectivity index (χ2n) is 4.27. The van der Waals surface area contributed by atoms with Gasteiger partial charge in [0.25, 0.3) is 0 Å². The van der Waals surface area contributed by atoms with E-state index >= 15 is 0 Å². The summed E-state index contributed by atoms with van der Waals surface area (Å²) >= 11 is 13.2. The van der Waals surface area contributed by atoms with E-state index in [1.54, 1.807) is 6.07 Å². The quantitative estimate of drug-likeness (QED) is 0.340. The number of hydrogen-bond donors (Lipinski definition) is 0. The zero-order valence-corrected chi connectivity index (χ0v) is 16.5. The van der Waals surface area contributed by atoms with Crippen molar-refractivity contribution in [3.05, 3.63) is 66.5 Å². The van der Waals surface area contributed by atoms with Gasteiger partial charge in [-0.25, -0.2) is 0 Å². The van der Waals surface area contributed by atoms with E-state index in [0.717, 1.165) is 20.6 Å². The first kappa shape index (κ1) is 17.5. The van der Waals surface area contributed by atoms with Crippen LogP contribution in [0.4, 0.5) is 13.2 Å². The predicted molar refractivity (Wildman–Crippen MR) is 91.8 cm³/mol. The molecule has 2 aromatic rings. The highest BCUT2D eigenvalue weighted by Gasteiger charge is 2.33. The molecule has 1 unspecified atom stereocenters. The number of rotatable bonds is 2. The van der Waals surface area contributed by atoms with Crippen molar-refractivity contribution in [3.63, 3.8) is 0 Å². The molecule has 0 heterocycles. The number of benzene rings is 2. The van der Waals surface area contributed by atoms with Crippen LogP contribution >= 0.6 is 63.7 Å². The zero-order chi connectivity index (χ0) is 15.8. The molecule has 21 heavy (non-hydrogen) atoms. The van der Waals surface area contributed by atoms with E-state index in [-0.39, 0.29) is 9.30 Å². The Morgan fingerprint density at radius 2 is 1.48 bits per heavy atom. The minimum absolute atomic E-state index is 0.0340. The summed E-state index contributed by atoms with van der Waals surface area (Å²) in [6.07, 6.45) is -4.39. The molecule has 0 saturated carbocycles. The zero-order valence-electron chi connectivity index (χ0n) is 10.2. The van der Waals surface area contributed by atoms with Crippen molar-refractivity contribution < 1.29 is 13.2 Å². The van der Waals surface area contributed by atoms with Crippen molar-refractivity contribution in [2.24, 2.45) is 0 Å². The molecule has 0 radical (unpaired) electrons. The third-order valence-corrected chi connectivity index (χ3v) is 5.75. The number of halogens is 7. The maximum Gasteiger partial charge on any atom is 0.417 e. The maximum absolute atomic E-state index is 13.0. The van der Waals surface area contributed by atoms with E-state index < -0.39 is 11.7 Å². The fourth-order valence-electron chi connectivity index (χ4n) is 1.81. The maximum atomic E-state index is 13.0. The highest BCUT2D eigenvalue weighted by molar-refractivity contribution is 9.11. The Hall–Kier alpha value is 0.150. The third kappa shape index (κ3) is 4.12. The van der Waals surface area contributed by atoms with Gasteiger partial charge in [0.1, 0.15) is 0 Å². The van der Waals surface area contributed by atoms with E-state index in [9.17, 15) is 13.2 Å². The molecule has 2 rings (SSSR count). The van der Waals surface area contributed by atoms with Crippen LogP contribution in [-0.4, -0.2) is 0 Å². The third-order valence-electron chi connectivity index (χ3n) is 2.82. The lowest BCUT2D eigenvalue weighted by molar-refractivity contribution is -0.138. The summed E-state index contributed by atoms with van der Waals surface area (Å²) in [6, 6.07) is 9.78. The summed E-state index contributed by atoms with van der Waals surface area (Å²) in [7, 11) is 0. The highest BCUT2D eigenvalue weighted by atomic mass is 79.9. The van der Waals surface area contributed by atoms with Gasteiger partial charge in [-0.05, 0) is 41.5 Å². The molecule has 0 nitrogen and oxygen atoms in total. The summed E-state index contributed by atoms with van der Waals surface area (Å²) in [4.78, 5) is -0.349. The highest BCUT2D eigenvalue weighted by Crippen LogP contribution is 2.41. The van der Waals surface area contributed by atoms with Gasteiger partial charge in [0.05, 0.1) is 10.4 Å². The molecule has 0 fully saturated rings. The van der Waals surface area contributed by atoms with Gasteiger partial charge in [-0.1, -0.05) is 69.8 Å². The molecular formula is C14H7Br4F3. The van der Waals surface area contributed by atoms with Crippen LogP contribution in [0.25, 0.3) is 0 Å². The van der Waals surface area contributed by atoms with Crippen molar-refractivity contribution in [1.82, 2.24) is 0 Å². The van der Waals surface area contributed by atoms with Gasteiger partial charge in [-0.2, -0.15) is 13.2 Å². The molecule has 0 aliphatic carbocycles. The molecule has 0 amide bonds. The Kier molecular flexibility index (Phi) is 5.60. The van der Waals surface area contributed by atoms with E-state index in [2.05, 4.69) is 63.7 Å². The van der Waals surface area contributed by atoms with Gasteiger partial charge in [0.2, 0.25) is 0 Å². The second kappa shape index (κ2) is 6.72. The molecule has 0 spiro atoms. The summed E-state index contributed by atoms with van der Waals surface area (Å²) in [5.74, 6) is 0. The van der Waals surface area contributed by atoms with Crippen molar-refractivity contribution in [1.29, 1.82) is 0 Å². The first-order valence-corrected chi connectivity index (χ1v) is 8.95. The Morgan fingerprint density at radius 3 is 2.10 bits per heavy atom. The molecule has 0 aromatic heterocycles. The lowest BCUT2D eigenvalue weighted by atomic mass is 10.0. The predicted octanol–water partition coefficient (Wildman–Crippen LogP) is 7.48. The molecule has 0 N–H and O–H groups in total. The Bertz CT molecular complexity index is 668. The summed E-state index contributed by atoms with van der Waals surface area (Å²) < 4.78 is 40.6. The Balaban J connectivity index is 2.49. The van der Waals surface area contributed by atoms with Crippen molar-refractivity contribution in [2.45, 2.75) is 11.0 Å². The number of hydrogen-bond acceptors (Lipinski definition) is 0. The molecule has 0 bridgehead atoms. The largest absolute Gasteiger partial charge is 0.417 e. The SMILES string of the molecule is FC(F)(F)c1cc(C(Br)c2cc(Br)ccc2Br)ccc1Br. The topological polar surface area (TPSA) is 0 Å². The van der Waals surface area contributed by atoms with E-state index in [4.69, 9.17) is 0 Å². The fourth-order valence-corrected chi connectivity index (χ4v) is 4.10. The van der Waals surface area contributed by atoms with Crippen molar-refractivity contribution >= 4 is 63.7 Å². The van der Waals surface area contributed by atoms with E-state index in [1.165, 1.54) is 6.07 Å².